The summed E-state index contributed by atoms with van der Waals surface area (Å²) in [6.45, 7) is 2.47. The quantitative estimate of drug-likeness (QED) is 0.269. The molecule has 0 saturated carbocycles. The van der Waals surface area contributed by atoms with Crippen LogP contribution < -0.4 is 48.8 Å². The van der Waals surface area contributed by atoms with Gasteiger partial charge in [-0.05, 0) is 54.8 Å². The third-order valence-corrected chi connectivity index (χ3v) is 8.31. The summed E-state index contributed by atoms with van der Waals surface area (Å²) in [7, 11) is -8.73. The van der Waals surface area contributed by atoms with Crippen molar-refractivity contribution in [3.05, 3.63) is 70.1 Å². The third-order valence-electron chi connectivity index (χ3n) is 6.27. The van der Waals surface area contributed by atoms with Gasteiger partial charge < -0.3 is 23.5 Å². The van der Waals surface area contributed by atoms with Crippen molar-refractivity contribution < 1.29 is 69.9 Å². The molecule has 2 aromatic rings. The Morgan fingerprint density at radius 1 is 1.00 bits per heavy atom. The van der Waals surface area contributed by atoms with Gasteiger partial charge in [-0.25, -0.2) is 21.7 Å². The summed E-state index contributed by atoms with van der Waals surface area (Å²) in [5.74, 6) is 0.638. The molecule has 10 nitrogen and oxygen atoms in total. The van der Waals surface area contributed by atoms with Crippen molar-refractivity contribution in [1.29, 1.82) is 0 Å². The van der Waals surface area contributed by atoms with Gasteiger partial charge in [0.15, 0.2) is 17.7 Å². The molecule has 0 radical (unpaired) electrons. The number of benzene rings is 2. The molecule has 0 spiro atoms. The van der Waals surface area contributed by atoms with Crippen molar-refractivity contribution in [3.8, 4) is 11.5 Å². The molecule has 15 heteroatoms. The van der Waals surface area contributed by atoms with Crippen LogP contribution in [0, 0.1) is 0 Å². The molecule has 4 rings (SSSR count). The number of anilines is 1. The summed E-state index contributed by atoms with van der Waals surface area (Å²) in [5.41, 5.74) is 2.23. The van der Waals surface area contributed by atoms with E-state index in [2.05, 4.69) is 0 Å². The van der Waals surface area contributed by atoms with E-state index in [0.717, 1.165) is 16.2 Å². The van der Waals surface area contributed by atoms with Gasteiger partial charge >= 0.3 is 35.4 Å². The van der Waals surface area contributed by atoms with Crippen LogP contribution in [0.5, 0.6) is 11.5 Å². The van der Waals surface area contributed by atoms with Gasteiger partial charge in [-0.2, -0.15) is 0 Å². The van der Waals surface area contributed by atoms with Gasteiger partial charge in [-0.1, -0.05) is 30.1 Å². The maximum Gasteiger partial charge on any atom is 1.00 e. The van der Waals surface area contributed by atoms with Crippen LogP contribution in [0.4, 0.5) is 11.4 Å². The number of nitrogens with zero attached hydrogens (tertiary/aromatic N) is 1. The molecule has 2 aliphatic heterocycles. The van der Waals surface area contributed by atoms with E-state index in [1.54, 1.807) is 36.4 Å². The number of allylic oxidation sites excluding steroid dienone is 2. The van der Waals surface area contributed by atoms with Crippen molar-refractivity contribution in [2.75, 3.05) is 29.5 Å². The minimum atomic E-state index is -4.37. The van der Waals surface area contributed by atoms with Crippen molar-refractivity contribution in [1.82, 2.24) is 0 Å². The summed E-state index contributed by atoms with van der Waals surface area (Å²) in [6, 6.07) is 10.3. The van der Waals surface area contributed by atoms with Gasteiger partial charge in [0.25, 0.3) is 0 Å². The van der Waals surface area contributed by atoms with Crippen molar-refractivity contribution in [3.63, 3.8) is 0 Å². The summed E-state index contributed by atoms with van der Waals surface area (Å²) >= 11 is 12.4. The first-order chi connectivity index (χ1) is 18.3. The Hall–Kier alpha value is -1.32. The van der Waals surface area contributed by atoms with Crippen LogP contribution >= 0.6 is 23.2 Å². The fraction of sp³-hybridized carbons (Fsp3) is 0.360. The van der Waals surface area contributed by atoms with Crippen LogP contribution in [0.25, 0.3) is 0 Å². The molecule has 0 bridgehead atoms. The molecule has 40 heavy (non-hydrogen) atoms. The monoisotopic (exact) mass is 640 g/mol. The van der Waals surface area contributed by atoms with E-state index in [-0.39, 0.29) is 55.5 Å². The SMILES string of the molecule is CCC(=CC1Oc2ccc(Cl)cc2N1CCCS(=O)(=O)[O-])C=C1Oc2ccc(Cl)cc2[NH+]1CCCS(=O)(=O)[O-].[Na+]. The molecule has 0 aliphatic carbocycles. The summed E-state index contributed by atoms with van der Waals surface area (Å²) in [4.78, 5) is 2.57. The standard InChI is InChI=1S/C25H28Cl2N2O8S2.Na/c1-2-17(13-24-28(9-3-11-38(30,31)32)20-15-18(26)5-7-22(20)36-24)14-25-29(10-4-12-39(33,34)35)21-16-19(27)6-8-23(21)37-25;/h5-8,13-16,24H,2-4,9-12H2,1H3,(H,30,31,32)(H,33,34,35);/q;+1/p-1. The van der Waals surface area contributed by atoms with E-state index in [0.29, 0.717) is 39.5 Å². The molecule has 0 saturated heterocycles. The molecular formula is C25H27Cl2N2NaO8S2. The van der Waals surface area contributed by atoms with Gasteiger partial charge in [0, 0.05) is 46.7 Å². The zero-order valence-corrected chi connectivity index (χ0v) is 27.1. The third kappa shape index (κ3) is 8.84. The van der Waals surface area contributed by atoms with Crippen molar-refractivity contribution in [2.45, 2.75) is 32.4 Å². The van der Waals surface area contributed by atoms with Gasteiger partial charge in [-0.15, -0.1) is 0 Å². The molecule has 0 aromatic heterocycles. The van der Waals surface area contributed by atoms with Crippen LogP contribution in [0.15, 0.2) is 60.0 Å². The first-order valence-electron chi connectivity index (χ1n) is 12.2. The van der Waals surface area contributed by atoms with E-state index in [1.165, 1.54) is 0 Å². The number of quaternary nitrogens is 1. The Morgan fingerprint density at radius 3 is 2.27 bits per heavy atom. The molecule has 0 amide bonds. The molecule has 0 fully saturated rings. The topological polar surface area (TPSA) is 141 Å². The Labute approximate surface area is 266 Å². The minimum absolute atomic E-state index is 0. The molecule has 2 unspecified atom stereocenters. The Kier molecular flexibility index (Phi) is 11.4. The largest absolute Gasteiger partial charge is 1.00 e. The zero-order chi connectivity index (χ0) is 28.4. The average molecular weight is 642 g/mol. The molecule has 212 valence electrons. The van der Waals surface area contributed by atoms with Crippen LogP contribution in [0.2, 0.25) is 10.0 Å². The smallest absolute Gasteiger partial charge is 0.748 e. The zero-order valence-electron chi connectivity index (χ0n) is 21.9. The predicted molar refractivity (Wildman–Crippen MR) is 146 cm³/mol. The molecule has 1 N–H and O–H groups in total. The molecule has 2 heterocycles. The Morgan fingerprint density at radius 2 is 1.62 bits per heavy atom. The van der Waals surface area contributed by atoms with E-state index < -0.39 is 38.0 Å². The fourth-order valence-corrected chi connectivity index (χ4v) is 5.81. The normalized spacial score (nSPS) is 19.6. The molecular weight excluding hydrogens is 614 g/mol. The van der Waals surface area contributed by atoms with Crippen LogP contribution in [0.1, 0.15) is 26.2 Å². The number of hydrogen-bond donors (Lipinski definition) is 1. The number of nitrogens with one attached hydrogen (secondary N) is 1. The summed E-state index contributed by atoms with van der Waals surface area (Å²) in [5, 5.41) is 0.974. The molecule has 2 aliphatic rings. The Balaban J connectivity index is 0.00000441. The van der Waals surface area contributed by atoms with E-state index in [1.807, 2.05) is 24.0 Å². The number of ether oxygens (including phenoxy) is 2. The summed E-state index contributed by atoms with van der Waals surface area (Å²) in [6.07, 6.45) is 3.89. The molecule has 2 aromatic carbocycles. The average Bonchev–Trinajstić information content (AvgIpc) is 3.34. The first kappa shape index (κ1) is 33.2. The Bertz CT molecular complexity index is 1520. The second-order valence-corrected chi connectivity index (χ2v) is 13.0. The van der Waals surface area contributed by atoms with Gasteiger partial charge in [0.1, 0.15) is 5.75 Å². The number of fused-ring (bicyclic) bond motifs is 2. The van der Waals surface area contributed by atoms with Crippen molar-refractivity contribution >= 4 is 54.8 Å². The number of hydrogen-bond acceptors (Lipinski definition) is 9. The van der Waals surface area contributed by atoms with Crippen molar-refractivity contribution in [2.24, 2.45) is 0 Å². The maximum absolute atomic E-state index is 11.2. The van der Waals surface area contributed by atoms with Gasteiger partial charge in [-0.3, -0.25) is 0 Å². The van der Waals surface area contributed by atoms with Crippen LogP contribution in [-0.4, -0.2) is 56.8 Å². The fourth-order valence-electron chi connectivity index (χ4n) is 4.49. The van der Waals surface area contributed by atoms with Gasteiger partial charge in [0.05, 0.1) is 32.5 Å². The van der Waals surface area contributed by atoms with Gasteiger partial charge in [0.2, 0.25) is 0 Å². The predicted octanol–water partition coefficient (Wildman–Crippen LogP) is 0.180. The summed E-state index contributed by atoms with van der Waals surface area (Å²) < 4.78 is 79.2. The van der Waals surface area contributed by atoms with Crippen LogP contribution in [0.3, 0.4) is 0 Å². The first-order valence-corrected chi connectivity index (χ1v) is 16.1. The second-order valence-electron chi connectivity index (χ2n) is 9.12. The van der Waals surface area contributed by atoms with E-state index in [4.69, 9.17) is 32.7 Å². The number of halogens is 2. The second kappa shape index (κ2) is 13.8. The molecule has 2 atom stereocenters. The van der Waals surface area contributed by atoms with E-state index >= 15 is 0 Å². The van der Waals surface area contributed by atoms with Crippen LogP contribution in [-0.2, 0) is 20.2 Å². The minimum Gasteiger partial charge on any atom is -0.748 e. The number of rotatable bonds is 11. The maximum atomic E-state index is 11.2. The van der Waals surface area contributed by atoms with E-state index in [9.17, 15) is 25.9 Å².